The van der Waals surface area contributed by atoms with Gasteiger partial charge in [0.15, 0.2) is 0 Å². The van der Waals surface area contributed by atoms with Crippen molar-refractivity contribution in [2.75, 3.05) is 20.2 Å². The molecule has 0 radical (unpaired) electrons. The summed E-state index contributed by atoms with van der Waals surface area (Å²) in [5.41, 5.74) is 6.05. The number of halogens is 2. The molecule has 6 rings (SSSR count). The molecule has 0 saturated carbocycles. The molecule has 48 heavy (non-hydrogen) atoms. The molecule has 0 spiro atoms. The highest BCUT2D eigenvalue weighted by molar-refractivity contribution is 6.38. The molecule has 11 heteroatoms. The van der Waals surface area contributed by atoms with Gasteiger partial charge in [-0.1, -0.05) is 83.9 Å². The van der Waals surface area contributed by atoms with E-state index in [-0.39, 0.29) is 23.9 Å². The largest absolute Gasteiger partial charge is 0.487 e. The molecule has 3 heterocycles. The summed E-state index contributed by atoms with van der Waals surface area (Å²) in [6.45, 7) is 3.09. The maximum absolute atomic E-state index is 11.5. The Hall–Kier alpha value is -4.15. The summed E-state index contributed by atoms with van der Waals surface area (Å²) in [5.74, 6) is 1.30. The lowest BCUT2D eigenvalue weighted by Gasteiger charge is -2.16. The van der Waals surface area contributed by atoms with Gasteiger partial charge in [-0.2, -0.15) is 0 Å². The fourth-order valence-electron chi connectivity index (χ4n) is 6.05. The van der Waals surface area contributed by atoms with Crippen LogP contribution in [0.2, 0.25) is 10.0 Å². The highest BCUT2D eigenvalue weighted by Crippen LogP contribution is 2.42. The van der Waals surface area contributed by atoms with E-state index >= 15 is 0 Å². The standard InChI is InChI=1S/C37H39Cl2N5O4/c1-47-37-25(19-41-21-27-14-17-34(46)43-27)12-15-31(44-37)30-6-2-4-28(35(30)38)29-5-3-7-32(36(29)39)48-22-24-10-8-23(9-11-24)18-40-20-26-13-16-33(45)42-26/h2-12,15,26-27,40-41H,13-14,16-22H2,1H3,(H,42,45)(H,43,46)/t26-,27-/m0/s1. The van der Waals surface area contributed by atoms with Crippen LogP contribution in [-0.4, -0.2) is 49.1 Å². The van der Waals surface area contributed by atoms with Crippen molar-refractivity contribution in [3.8, 4) is 34.0 Å². The van der Waals surface area contributed by atoms with Crippen molar-refractivity contribution in [2.45, 2.75) is 57.5 Å². The van der Waals surface area contributed by atoms with Crippen LogP contribution in [-0.2, 0) is 29.3 Å². The maximum atomic E-state index is 11.5. The highest BCUT2D eigenvalue weighted by Gasteiger charge is 2.21. The molecule has 1 aromatic heterocycles. The van der Waals surface area contributed by atoms with Crippen molar-refractivity contribution < 1.29 is 19.1 Å². The minimum Gasteiger partial charge on any atom is -0.487 e. The van der Waals surface area contributed by atoms with Crippen LogP contribution in [0.4, 0.5) is 0 Å². The van der Waals surface area contributed by atoms with Crippen LogP contribution in [0.25, 0.3) is 22.4 Å². The number of aromatic nitrogens is 1. The molecule has 3 aromatic carbocycles. The van der Waals surface area contributed by atoms with Gasteiger partial charge in [0, 0.05) is 73.4 Å². The quantitative estimate of drug-likeness (QED) is 0.128. The number of pyridine rings is 1. The highest BCUT2D eigenvalue weighted by atomic mass is 35.5. The van der Waals surface area contributed by atoms with Crippen LogP contribution in [0.5, 0.6) is 11.6 Å². The van der Waals surface area contributed by atoms with Crippen molar-refractivity contribution in [3.05, 3.63) is 99.5 Å². The summed E-state index contributed by atoms with van der Waals surface area (Å²) in [6.07, 6.45) is 2.91. The van der Waals surface area contributed by atoms with Crippen LogP contribution in [0.15, 0.2) is 72.8 Å². The van der Waals surface area contributed by atoms with Crippen molar-refractivity contribution in [1.29, 1.82) is 0 Å². The zero-order valence-corrected chi connectivity index (χ0v) is 28.3. The predicted octanol–water partition coefficient (Wildman–Crippen LogP) is 6.05. The molecular weight excluding hydrogens is 649 g/mol. The molecule has 0 unspecified atom stereocenters. The van der Waals surface area contributed by atoms with Crippen molar-refractivity contribution in [1.82, 2.24) is 26.3 Å². The van der Waals surface area contributed by atoms with Crippen molar-refractivity contribution in [2.24, 2.45) is 0 Å². The summed E-state index contributed by atoms with van der Waals surface area (Å²) < 4.78 is 11.8. The lowest BCUT2D eigenvalue weighted by molar-refractivity contribution is -0.120. The van der Waals surface area contributed by atoms with Crippen molar-refractivity contribution >= 4 is 35.0 Å². The number of nitrogens with one attached hydrogen (secondary N) is 4. The molecule has 2 amide bonds. The monoisotopic (exact) mass is 687 g/mol. The number of rotatable bonds is 14. The Balaban J connectivity index is 1.09. The van der Waals surface area contributed by atoms with Gasteiger partial charge in [-0.15, -0.1) is 0 Å². The van der Waals surface area contributed by atoms with E-state index in [1.54, 1.807) is 7.11 Å². The van der Waals surface area contributed by atoms with Crippen LogP contribution in [0.1, 0.15) is 42.4 Å². The van der Waals surface area contributed by atoms with Gasteiger partial charge in [0.25, 0.3) is 0 Å². The van der Waals surface area contributed by atoms with E-state index in [1.807, 2.05) is 60.7 Å². The van der Waals surface area contributed by atoms with Crippen LogP contribution in [0.3, 0.4) is 0 Å². The molecule has 2 atom stereocenters. The lowest BCUT2D eigenvalue weighted by Crippen LogP contribution is -2.35. The Labute approximate surface area is 290 Å². The van der Waals surface area contributed by atoms with Crippen LogP contribution in [0, 0.1) is 0 Å². The number of benzene rings is 3. The lowest BCUT2D eigenvalue weighted by atomic mass is 10.0. The number of nitrogens with zero attached hydrogens (tertiary/aromatic N) is 1. The van der Waals surface area contributed by atoms with Gasteiger partial charge >= 0.3 is 0 Å². The summed E-state index contributed by atoms with van der Waals surface area (Å²) in [7, 11) is 1.60. The number of methoxy groups -OCH3 is 1. The van der Waals surface area contributed by atoms with Gasteiger partial charge in [-0.05, 0) is 36.1 Å². The van der Waals surface area contributed by atoms with Crippen molar-refractivity contribution in [3.63, 3.8) is 0 Å². The molecule has 2 saturated heterocycles. The normalized spacial score (nSPS) is 17.3. The van der Waals surface area contributed by atoms with Gasteiger partial charge in [-0.3, -0.25) is 9.59 Å². The molecule has 2 fully saturated rings. The third kappa shape index (κ3) is 8.28. The van der Waals surface area contributed by atoms with Gasteiger partial charge < -0.3 is 30.7 Å². The Morgan fingerprint density at radius 2 is 1.35 bits per heavy atom. The van der Waals surface area contributed by atoms with Crippen LogP contribution >= 0.6 is 23.2 Å². The number of hydrogen-bond donors (Lipinski definition) is 4. The first kappa shape index (κ1) is 33.7. The summed E-state index contributed by atoms with van der Waals surface area (Å²) in [5, 5.41) is 13.8. The second-order valence-corrected chi connectivity index (χ2v) is 12.9. The number of ether oxygens (including phenoxy) is 2. The first-order valence-corrected chi connectivity index (χ1v) is 17.0. The fraction of sp³-hybridized carbons (Fsp3) is 0.324. The average molecular weight is 689 g/mol. The minimum absolute atomic E-state index is 0.102. The zero-order chi connectivity index (χ0) is 33.5. The van der Waals surface area contributed by atoms with Gasteiger partial charge in [0.05, 0.1) is 22.8 Å². The molecule has 4 N–H and O–H groups in total. The SMILES string of the molecule is COc1nc(-c2cccc(-c3cccc(OCc4ccc(CNC[C@@H]5CCC(=O)N5)cc4)c3Cl)c2Cl)ccc1CNC[C@@H]1CCC(=O)N1. The van der Waals surface area contributed by atoms with E-state index in [1.165, 1.54) is 0 Å². The van der Waals surface area contributed by atoms with E-state index in [0.717, 1.165) is 59.3 Å². The Kier molecular flexibility index (Phi) is 11.1. The molecular formula is C37H39Cl2N5O4. The topological polar surface area (TPSA) is 114 Å². The molecule has 250 valence electrons. The Bertz CT molecular complexity index is 1770. The van der Waals surface area contributed by atoms with Gasteiger partial charge in [0.1, 0.15) is 12.4 Å². The average Bonchev–Trinajstić information content (AvgIpc) is 3.72. The molecule has 0 bridgehead atoms. The minimum atomic E-state index is 0.102. The molecule has 0 aliphatic carbocycles. The molecule has 2 aliphatic rings. The fourth-order valence-corrected chi connectivity index (χ4v) is 6.65. The van der Waals surface area contributed by atoms with E-state index < -0.39 is 0 Å². The van der Waals surface area contributed by atoms with Crippen LogP contribution < -0.4 is 30.7 Å². The number of carbonyl (C=O) groups is 2. The Morgan fingerprint density at radius 1 is 0.750 bits per heavy atom. The van der Waals surface area contributed by atoms with E-state index in [9.17, 15) is 9.59 Å². The van der Waals surface area contributed by atoms with E-state index in [0.29, 0.717) is 59.9 Å². The third-order valence-corrected chi connectivity index (χ3v) is 9.47. The summed E-state index contributed by atoms with van der Waals surface area (Å²) in [4.78, 5) is 27.6. The number of amides is 2. The second-order valence-electron chi connectivity index (χ2n) is 12.1. The zero-order valence-electron chi connectivity index (χ0n) is 26.8. The Morgan fingerprint density at radius 3 is 2.00 bits per heavy atom. The number of carbonyl (C=O) groups excluding carboxylic acids is 2. The van der Waals surface area contributed by atoms with Gasteiger partial charge in [-0.25, -0.2) is 4.98 Å². The molecule has 2 aliphatic heterocycles. The van der Waals surface area contributed by atoms with E-state index in [2.05, 4.69) is 33.4 Å². The first-order valence-electron chi connectivity index (χ1n) is 16.2. The summed E-state index contributed by atoms with van der Waals surface area (Å²) >= 11 is 13.9. The number of hydrogen-bond acceptors (Lipinski definition) is 7. The predicted molar refractivity (Wildman–Crippen MR) is 188 cm³/mol. The molecule has 9 nitrogen and oxygen atoms in total. The smallest absolute Gasteiger partial charge is 0.220 e. The first-order chi connectivity index (χ1) is 23.4. The summed E-state index contributed by atoms with van der Waals surface area (Å²) in [6, 6.07) is 24.0. The third-order valence-electron chi connectivity index (χ3n) is 8.67. The molecule has 4 aromatic rings. The second kappa shape index (κ2) is 15.8. The van der Waals surface area contributed by atoms with Gasteiger partial charge in [0.2, 0.25) is 17.7 Å². The maximum Gasteiger partial charge on any atom is 0.220 e. The van der Waals surface area contributed by atoms with E-state index in [4.69, 9.17) is 37.7 Å².